The van der Waals surface area contributed by atoms with Gasteiger partial charge < -0.3 is 10.2 Å². The van der Waals surface area contributed by atoms with Crippen LogP contribution < -0.4 is 5.32 Å². The van der Waals surface area contributed by atoms with Gasteiger partial charge in [-0.3, -0.25) is 4.99 Å². The number of likely N-dealkylation sites (N-methyl/N-ethyl adjacent to an activating group) is 2. The number of halogens is 1. The van der Waals surface area contributed by atoms with Gasteiger partial charge in [0.05, 0.1) is 6.54 Å². The second kappa shape index (κ2) is 12.0. The zero-order chi connectivity index (χ0) is 19.0. The van der Waals surface area contributed by atoms with Crippen molar-refractivity contribution < 1.29 is 8.42 Å². The highest BCUT2D eigenvalue weighted by Crippen LogP contribution is 2.19. The lowest BCUT2D eigenvalue weighted by atomic mass is 10.3. The molecule has 0 saturated carbocycles. The molecular formula is C17H27IN4O2S3. The van der Waals surface area contributed by atoms with Crippen molar-refractivity contribution in [2.75, 3.05) is 40.3 Å². The van der Waals surface area contributed by atoms with E-state index in [1.54, 1.807) is 35.9 Å². The maximum absolute atomic E-state index is 12.4. The van der Waals surface area contributed by atoms with E-state index in [4.69, 9.17) is 0 Å². The van der Waals surface area contributed by atoms with Crippen LogP contribution in [0.5, 0.6) is 0 Å². The molecule has 10 heteroatoms. The minimum Gasteiger partial charge on any atom is -0.357 e. The minimum absolute atomic E-state index is 0. The number of hydrogen-bond acceptors (Lipinski definition) is 5. The number of nitrogens with one attached hydrogen (secondary N) is 1. The molecule has 27 heavy (non-hydrogen) atoms. The molecule has 0 spiro atoms. The molecule has 0 saturated heterocycles. The number of nitrogens with zero attached hydrogens (tertiary/aromatic N) is 3. The predicted molar refractivity (Wildman–Crippen MR) is 126 cm³/mol. The summed E-state index contributed by atoms with van der Waals surface area (Å²) in [7, 11) is 0.180. The third-order valence-electron chi connectivity index (χ3n) is 3.81. The van der Waals surface area contributed by atoms with E-state index in [9.17, 15) is 8.42 Å². The molecule has 6 nitrogen and oxygen atoms in total. The Kier molecular flexibility index (Phi) is 10.8. The van der Waals surface area contributed by atoms with Crippen molar-refractivity contribution in [1.82, 2.24) is 14.5 Å². The Balaban J connectivity index is 0.00000364. The van der Waals surface area contributed by atoms with Gasteiger partial charge in [0.2, 0.25) is 0 Å². The van der Waals surface area contributed by atoms with Crippen LogP contribution in [0, 0.1) is 0 Å². The maximum Gasteiger partial charge on any atom is 0.252 e. The molecule has 0 aliphatic carbocycles. The van der Waals surface area contributed by atoms with Gasteiger partial charge in [0.15, 0.2) is 5.96 Å². The lowest BCUT2D eigenvalue weighted by Gasteiger charge is -2.22. The van der Waals surface area contributed by atoms with E-state index in [1.807, 2.05) is 14.0 Å². The molecule has 0 atom stereocenters. The lowest BCUT2D eigenvalue weighted by Crippen LogP contribution is -2.40. The second-order valence-corrected chi connectivity index (χ2v) is 10.00. The highest BCUT2D eigenvalue weighted by Gasteiger charge is 2.21. The Hall–Kier alpha value is -0.690. The van der Waals surface area contributed by atoms with E-state index in [2.05, 4.69) is 32.7 Å². The summed E-state index contributed by atoms with van der Waals surface area (Å²) in [5, 5.41) is 7.12. The summed E-state index contributed by atoms with van der Waals surface area (Å²) in [5.74, 6) is 0.797. The minimum atomic E-state index is -3.42. The smallest absolute Gasteiger partial charge is 0.252 e. The Morgan fingerprint density at radius 1 is 1.15 bits per heavy atom. The van der Waals surface area contributed by atoms with E-state index in [0.29, 0.717) is 17.3 Å². The summed E-state index contributed by atoms with van der Waals surface area (Å²) in [6, 6.07) is 7.56. The van der Waals surface area contributed by atoms with Gasteiger partial charge in [-0.25, -0.2) is 8.42 Å². The normalized spacial score (nSPS) is 12.1. The zero-order valence-electron chi connectivity index (χ0n) is 15.8. The SMILES string of the molecule is CCNC(=NCCN(C)S(=O)(=O)c1cccs1)N(C)CCc1cccs1.I. The van der Waals surface area contributed by atoms with Gasteiger partial charge in [0, 0.05) is 38.6 Å². The number of guanidine groups is 1. The van der Waals surface area contributed by atoms with E-state index in [1.165, 1.54) is 20.5 Å². The summed E-state index contributed by atoms with van der Waals surface area (Å²) in [6.45, 7) is 4.40. The first kappa shape index (κ1) is 24.3. The van der Waals surface area contributed by atoms with Crippen LogP contribution in [0.25, 0.3) is 0 Å². The molecule has 0 fully saturated rings. The number of hydrogen-bond donors (Lipinski definition) is 1. The van der Waals surface area contributed by atoms with E-state index >= 15 is 0 Å². The number of thiophene rings is 2. The van der Waals surface area contributed by atoms with Crippen molar-refractivity contribution >= 4 is 62.6 Å². The summed E-state index contributed by atoms with van der Waals surface area (Å²) >= 11 is 2.98. The molecular weight excluding hydrogens is 515 g/mol. The Labute approximate surface area is 187 Å². The lowest BCUT2D eigenvalue weighted by molar-refractivity contribution is 0.467. The predicted octanol–water partition coefficient (Wildman–Crippen LogP) is 3.19. The van der Waals surface area contributed by atoms with Crippen LogP contribution in [0.3, 0.4) is 0 Å². The highest BCUT2D eigenvalue weighted by atomic mass is 127. The summed E-state index contributed by atoms with van der Waals surface area (Å²) in [5.41, 5.74) is 0. The fourth-order valence-corrected chi connectivity index (χ4v) is 5.35. The number of sulfonamides is 1. The van der Waals surface area contributed by atoms with Crippen LogP contribution in [-0.2, 0) is 16.4 Å². The number of rotatable bonds is 9. The average molecular weight is 543 g/mol. The van der Waals surface area contributed by atoms with Crippen LogP contribution in [0.2, 0.25) is 0 Å². The first-order chi connectivity index (χ1) is 12.4. The topological polar surface area (TPSA) is 65.0 Å². The molecule has 0 aliphatic heterocycles. The number of aliphatic imine (C=N–C) groups is 1. The van der Waals surface area contributed by atoms with E-state index < -0.39 is 10.0 Å². The third kappa shape index (κ3) is 7.33. The van der Waals surface area contributed by atoms with Gasteiger partial charge in [-0.2, -0.15) is 4.31 Å². The van der Waals surface area contributed by atoms with Gasteiger partial charge in [0.25, 0.3) is 10.0 Å². The first-order valence-electron chi connectivity index (χ1n) is 8.46. The average Bonchev–Trinajstić information content (AvgIpc) is 3.32. The fraction of sp³-hybridized carbons (Fsp3) is 0.471. The van der Waals surface area contributed by atoms with Crippen molar-refractivity contribution in [2.45, 2.75) is 17.6 Å². The zero-order valence-corrected chi connectivity index (χ0v) is 20.6. The largest absolute Gasteiger partial charge is 0.357 e. The molecule has 1 N–H and O–H groups in total. The molecule has 2 rings (SSSR count). The Morgan fingerprint density at radius 3 is 2.44 bits per heavy atom. The van der Waals surface area contributed by atoms with Gasteiger partial charge in [0.1, 0.15) is 4.21 Å². The van der Waals surface area contributed by atoms with Crippen LogP contribution in [-0.4, -0.2) is 63.9 Å². The summed E-state index contributed by atoms with van der Waals surface area (Å²) in [4.78, 5) is 8.00. The van der Waals surface area contributed by atoms with Crippen LogP contribution in [0.1, 0.15) is 11.8 Å². The van der Waals surface area contributed by atoms with Crippen LogP contribution in [0.15, 0.2) is 44.2 Å². The monoisotopic (exact) mass is 542 g/mol. The van der Waals surface area contributed by atoms with Crippen molar-refractivity contribution in [1.29, 1.82) is 0 Å². The van der Waals surface area contributed by atoms with E-state index in [-0.39, 0.29) is 24.0 Å². The molecule has 0 bridgehead atoms. The molecule has 0 aliphatic rings. The fourth-order valence-electron chi connectivity index (χ4n) is 2.29. The first-order valence-corrected chi connectivity index (χ1v) is 11.7. The van der Waals surface area contributed by atoms with Crippen molar-refractivity contribution in [3.8, 4) is 0 Å². The van der Waals surface area contributed by atoms with Crippen molar-refractivity contribution in [3.05, 3.63) is 39.9 Å². The molecule has 0 aromatic carbocycles. The molecule has 0 radical (unpaired) electrons. The maximum atomic E-state index is 12.4. The quantitative estimate of drug-likeness (QED) is 0.301. The van der Waals surface area contributed by atoms with Crippen LogP contribution in [0.4, 0.5) is 0 Å². The molecule has 152 valence electrons. The highest BCUT2D eigenvalue weighted by molar-refractivity contribution is 14.0. The van der Waals surface area contributed by atoms with E-state index in [0.717, 1.165) is 25.5 Å². The summed E-state index contributed by atoms with van der Waals surface area (Å²) < 4.78 is 26.6. The van der Waals surface area contributed by atoms with Gasteiger partial charge in [-0.05, 0) is 36.2 Å². The standard InChI is InChI=1S/C17H26N4O2S3.HI/c1-4-18-17(20(2)11-9-15-7-5-13-24-15)19-10-12-21(3)26(22,23)16-8-6-14-25-16;/h5-8,13-14H,4,9-12H2,1-3H3,(H,18,19);1H. The molecule has 2 heterocycles. The molecule has 0 unspecified atom stereocenters. The molecule has 2 aromatic rings. The molecule has 0 amide bonds. The van der Waals surface area contributed by atoms with Gasteiger partial charge in [-0.15, -0.1) is 46.7 Å². The van der Waals surface area contributed by atoms with Gasteiger partial charge >= 0.3 is 0 Å². The molecule has 2 aromatic heterocycles. The van der Waals surface area contributed by atoms with Crippen molar-refractivity contribution in [2.24, 2.45) is 4.99 Å². The van der Waals surface area contributed by atoms with Crippen LogP contribution >= 0.6 is 46.7 Å². The third-order valence-corrected chi connectivity index (χ3v) is 7.97. The van der Waals surface area contributed by atoms with Gasteiger partial charge in [-0.1, -0.05) is 12.1 Å². The van der Waals surface area contributed by atoms with Crippen molar-refractivity contribution in [3.63, 3.8) is 0 Å². The Morgan fingerprint density at radius 2 is 1.85 bits per heavy atom. The Bertz CT molecular complexity index is 777. The summed E-state index contributed by atoms with van der Waals surface area (Å²) in [6.07, 6.45) is 0.964. The second-order valence-electron chi connectivity index (χ2n) is 5.75.